The van der Waals surface area contributed by atoms with Crippen LogP contribution >= 0.6 is 0 Å². The smallest absolute Gasteiger partial charge is 0.213 e. The zero-order valence-corrected chi connectivity index (χ0v) is 17.4. The number of benzene rings is 2. The summed E-state index contributed by atoms with van der Waals surface area (Å²) in [5.74, 6) is 1.20. The van der Waals surface area contributed by atoms with E-state index in [1.807, 2.05) is 84.9 Å². The molecule has 6 heteroatoms. The van der Waals surface area contributed by atoms with Gasteiger partial charge in [-0.2, -0.15) is 10.2 Å². The first-order chi connectivity index (χ1) is 15.8. The molecule has 0 N–H and O–H groups in total. The third kappa shape index (κ3) is 6.60. The standard InChI is InChI=1S/C26H22N4O2/c1-3-13-27-25(11-1)31-19-23-9-5-7-21(15-23)17-29-30-18-22-8-6-10-24(16-22)20-32-26-12-2-4-14-28-26/h1-18H,19-20H2/b29-17-,30-18-. The molecule has 0 aliphatic carbocycles. The summed E-state index contributed by atoms with van der Waals surface area (Å²) in [6.45, 7) is 0.880. The van der Waals surface area contributed by atoms with Gasteiger partial charge in [0.1, 0.15) is 13.2 Å². The quantitative estimate of drug-likeness (QED) is 0.278. The lowest BCUT2D eigenvalue weighted by Gasteiger charge is -2.05. The van der Waals surface area contributed by atoms with Gasteiger partial charge in [-0.3, -0.25) is 0 Å². The predicted octanol–water partition coefficient (Wildman–Crippen LogP) is 5.09. The van der Waals surface area contributed by atoms with Gasteiger partial charge < -0.3 is 9.47 Å². The summed E-state index contributed by atoms with van der Waals surface area (Å²) in [4.78, 5) is 8.32. The van der Waals surface area contributed by atoms with E-state index in [2.05, 4.69) is 20.2 Å². The number of ether oxygens (including phenoxy) is 2. The van der Waals surface area contributed by atoms with E-state index in [0.717, 1.165) is 22.3 Å². The summed E-state index contributed by atoms with van der Waals surface area (Å²) in [6, 6.07) is 27.1. The second kappa shape index (κ2) is 11.2. The number of aromatic nitrogens is 2. The van der Waals surface area contributed by atoms with Crippen molar-refractivity contribution in [3.05, 3.63) is 120 Å². The van der Waals surface area contributed by atoms with Crippen LogP contribution in [-0.2, 0) is 13.2 Å². The van der Waals surface area contributed by atoms with E-state index in [1.54, 1.807) is 24.8 Å². The zero-order chi connectivity index (χ0) is 21.8. The monoisotopic (exact) mass is 422 g/mol. The van der Waals surface area contributed by atoms with Gasteiger partial charge in [-0.05, 0) is 46.5 Å². The third-order valence-electron chi connectivity index (χ3n) is 4.43. The Morgan fingerprint density at radius 2 is 1.09 bits per heavy atom. The molecule has 0 aliphatic heterocycles. The molecule has 0 saturated carbocycles. The molecule has 6 nitrogen and oxygen atoms in total. The summed E-state index contributed by atoms with van der Waals surface area (Å²) >= 11 is 0. The van der Waals surface area contributed by atoms with Crippen molar-refractivity contribution in [2.45, 2.75) is 13.2 Å². The van der Waals surface area contributed by atoms with Crippen LogP contribution in [0.15, 0.2) is 108 Å². The maximum atomic E-state index is 5.69. The predicted molar refractivity (Wildman–Crippen MR) is 125 cm³/mol. The van der Waals surface area contributed by atoms with Gasteiger partial charge in [-0.25, -0.2) is 9.97 Å². The molecule has 4 rings (SSSR count). The first-order valence-electron chi connectivity index (χ1n) is 10.2. The molecule has 0 aliphatic rings. The van der Waals surface area contributed by atoms with E-state index in [4.69, 9.17) is 9.47 Å². The van der Waals surface area contributed by atoms with Crippen molar-refractivity contribution < 1.29 is 9.47 Å². The van der Waals surface area contributed by atoms with Gasteiger partial charge in [0.05, 0.1) is 12.4 Å². The molecular formula is C26H22N4O2. The van der Waals surface area contributed by atoms with Crippen molar-refractivity contribution in [3.63, 3.8) is 0 Å². The summed E-state index contributed by atoms with van der Waals surface area (Å²) < 4.78 is 11.4. The van der Waals surface area contributed by atoms with Gasteiger partial charge in [0.15, 0.2) is 0 Å². The third-order valence-corrected chi connectivity index (χ3v) is 4.43. The van der Waals surface area contributed by atoms with Crippen LogP contribution in [0.5, 0.6) is 11.8 Å². The Bertz CT molecular complexity index is 1080. The molecule has 0 radical (unpaired) electrons. The van der Waals surface area contributed by atoms with Crippen LogP contribution in [0, 0.1) is 0 Å². The van der Waals surface area contributed by atoms with Gasteiger partial charge >= 0.3 is 0 Å². The van der Waals surface area contributed by atoms with Crippen LogP contribution < -0.4 is 9.47 Å². The van der Waals surface area contributed by atoms with Crippen molar-refractivity contribution in [2.75, 3.05) is 0 Å². The van der Waals surface area contributed by atoms with Crippen LogP contribution in [0.4, 0.5) is 0 Å². The molecule has 2 aromatic heterocycles. The lowest BCUT2D eigenvalue weighted by Crippen LogP contribution is -1.97. The van der Waals surface area contributed by atoms with Gasteiger partial charge in [0.25, 0.3) is 0 Å². The molecule has 32 heavy (non-hydrogen) atoms. The van der Waals surface area contributed by atoms with E-state index in [9.17, 15) is 0 Å². The first kappa shape index (κ1) is 20.9. The Balaban J connectivity index is 1.31. The maximum Gasteiger partial charge on any atom is 0.213 e. The molecule has 0 amide bonds. The number of rotatable bonds is 9. The van der Waals surface area contributed by atoms with Gasteiger partial charge in [0.2, 0.25) is 11.8 Å². The molecule has 4 aromatic rings. The van der Waals surface area contributed by atoms with Crippen molar-refractivity contribution in [1.29, 1.82) is 0 Å². The fourth-order valence-electron chi connectivity index (χ4n) is 2.91. The van der Waals surface area contributed by atoms with Gasteiger partial charge in [0, 0.05) is 24.5 Å². The van der Waals surface area contributed by atoms with Crippen LogP contribution in [0.1, 0.15) is 22.3 Å². The van der Waals surface area contributed by atoms with Crippen molar-refractivity contribution in [1.82, 2.24) is 9.97 Å². The largest absolute Gasteiger partial charge is 0.473 e. The molecule has 2 heterocycles. The molecule has 0 spiro atoms. The Morgan fingerprint density at radius 1 is 0.594 bits per heavy atom. The molecule has 0 unspecified atom stereocenters. The van der Waals surface area contributed by atoms with E-state index >= 15 is 0 Å². The second-order valence-corrected chi connectivity index (χ2v) is 6.89. The van der Waals surface area contributed by atoms with E-state index < -0.39 is 0 Å². The first-order valence-corrected chi connectivity index (χ1v) is 10.2. The molecule has 158 valence electrons. The summed E-state index contributed by atoms with van der Waals surface area (Å²) in [5, 5.41) is 8.34. The average molecular weight is 422 g/mol. The van der Waals surface area contributed by atoms with Crippen LogP contribution in [0.3, 0.4) is 0 Å². The van der Waals surface area contributed by atoms with Crippen molar-refractivity contribution in [3.8, 4) is 11.8 Å². The van der Waals surface area contributed by atoms with E-state index in [0.29, 0.717) is 25.0 Å². The number of hydrogen-bond acceptors (Lipinski definition) is 6. The molecular weight excluding hydrogens is 400 g/mol. The van der Waals surface area contributed by atoms with Gasteiger partial charge in [-0.1, -0.05) is 48.5 Å². The summed E-state index contributed by atoms with van der Waals surface area (Å²) in [6.07, 6.45) is 6.85. The normalized spacial score (nSPS) is 11.1. The van der Waals surface area contributed by atoms with Crippen molar-refractivity contribution in [2.24, 2.45) is 10.2 Å². The topological polar surface area (TPSA) is 69.0 Å². The molecule has 0 fully saturated rings. The summed E-state index contributed by atoms with van der Waals surface area (Å²) in [7, 11) is 0. The number of hydrogen-bond donors (Lipinski definition) is 0. The zero-order valence-electron chi connectivity index (χ0n) is 17.4. The SMILES string of the molecule is C(=N/N=C\c1cccc(COc2ccccn2)c1)/c1cccc(COc2ccccn2)c1. The molecule has 0 atom stereocenters. The highest BCUT2D eigenvalue weighted by molar-refractivity contribution is 5.82. The number of nitrogens with zero attached hydrogens (tertiary/aromatic N) is 4. The lowest BCUT2D eigenvalue weighted by molar-refractivity contribution is 0.294. The fourth-order valence-corrected chi connectivity index (χ4v) is 2.91. The molecule has 2 aromatic carbocycles. The van der Waals surface area contributed by atoms with Crippen LogP contribution in [0.2, 0.25) is 0 Å². The van der Waals surface area contributed by atoms with E-state index in [-0.39, 0.29) is 0 Å². The highest BCUT2D eigenvalue weighted by Crippen LogP contribution is 2.11. The fraction of sp³-hybridized carbons (Fsp3) is 0.0769. The minimum absolute atomic E-state index is 0.440. The minimum atomic E-state index is 0.440. The Kier molecular flexibility index (Phi) is 7.31. The maximum absolute atomic E-state index is 5.69. The second-order valence-electron chi connectivity index (χ2n) is 6.89. The Hall–Kier alpha value is -4.32. The van der Waals surface area contributed by atoms with Crippen LogP contribution in [0.25, 0.3) is 0 Å². The average Bonchev–Trinajstić information content (AvgIpc) is 2.86. The minimum Gasteiger partial charge on any atom is -0.473 e. The van der Waals surface area contributed by atoms with Crippen molar-refractivity contribution >= 4 is 12.4 Å². The highest BCUT2D eigenvalue weighted by atomic mass is 16.5. The van der Waals surface area contributed by atoms with E-state index in [1.165, 1.54) is 0 Å². The van der Waals surface area contributed by atoms with Crippen LogP contribution in [-0.4, -0.2) is 22.4 Å². The Labute approximate surface area is 186 Å². The Morgan fingerprint density at radius 3 is 1.53 bits per heavy atom. The molecule has 0 saturated heterocycles. The highest BCUT2D eigenvalue weighted by Gasteiger charge is 1.99. The lowest BCUT2D eigenvalue weighted by atomic mass is 10.1. The molecule has 0 bridgehead atoms. The van der Waals surface area contributed by atoms with Gasteiger partial charge in [-0.15, -0.1) is 0 Å². The number of pyridine rings is 2. The summed E-state index contributed by atoms with van der Waals surface area (Å²) in [5.41, 5.74) is 3.96.